The van der Waals surface area contributed by atoms with Crippen LogP contribution in [0.2, 0.25) is 0 Å². The number of cyclic esters (lactones) is 1. The summed E-state index contributed by atoms with van der Waals surface area (Å²) in [6, 6.07) is 9.17. The molecule has 0 unspecified atom stereocenters. The Hall–Kier alpha value is -3.53. The van der Waals surface area contributed by atoms with Crippen LogP contribution in [0.1, 0.15) is 5.69 Å². The fraction of sp³-hybridized carbons (Fsp3) is 0.278. The van der Waals surface area contributed by atoms with Crippen LogP contribution in [-0.2, 0) is 11.3 Å². The second-order valence-electron chi connectivity index (χ2n) is 6.58. The number of aromatic nitrogens is 5. The molecule has 1 saturated heterocycles. The SMILES string of the molecule is O=C1O[C@@H](CO)[C@@H]2COc3cc(-c4ccc(Cn5cnnn5)nc4)ccc3N12. The van der Waals surface area contributed by atoms with E-state index in [0.29, 0.717) is 18.0 Å². The number of hydrogen-bond acceptors (Lipinski definition) is 8. The zero-order valence-corrected chi connectivity index (χ0v) is 14.7. The first-order valence-corrected chi connectivity index (χ1v) is 8.76. The maximum absolute atomic E-state index is 12.2. The minimum Gasteiger partial charge on any atom is -0.489 e. The van der Waals surface area contributed by atoms with E-state index in [-0.39, 0.29) is 19.3 Å². The minimum absolute atomic E-state index is 0.230. The lowest BCUT2D eigenvalue weighted by molar-refractivity contribution is 0.0734. The molecule has 1 amide bonds. The first kappa shape index (κ1) is 16.6. The smallest absolute Gasteiger partial charge is 0.415 e. The Balaban J connectivity index is 1.40. The van der Waals surface area contributed by atoms with Crippen molar-refractivity contribution in [3.63, 3.8) is 0 Å². The molecule has 0 radical (unpaired) electrons. The molecule has 1 N–H and O–H groups in total. The van der Waals surface area contributed by atoms with Gasteiger partial charge in [-0.1, -0.05) is 12.1 Å². The number of ether oxygens (including phenoxy) is 2. The normalized spacial score (nSPS) is 20.3. The quantitative estimate of drug-likeness (QED) is 0.709. The Kier molecular flexibility index (Phi) is 3.90. The number of nitrogens with zero attached hydrogens (tertiary/aromatic N) is 6. The zero-order valence-electron chi connectivity index (χ0n) is 14.7. The fourth-order valence-corrected chi connectivity index (χ4v) is 3.48. The van der Waals surface area contributed by atoms with Crippen LogP contribution in [0, 0.1) is 0 Å². The highest BCUT2D eigenvalue weighted by molar-refractivity contribution is 5.94. The van der Waals surface area contributed by atoms with Crippen molar-refractivity contribution in [2.45, 2.75) is 18.7 Å². The Morgan fingerprint density at radius 2 is 2.11 bits per heavy atom. The molecule has 4 heterocycles. The minimum atomic E-state index is -0.572. The van der Waals surface area contributed by atoms with E-state index in [1.165, 1.54) is 6.33 Å². The van der Waals surface area contributed by atoms with Crippen LogP contribution in [0.3, 0.4) is 0 Å². The number of tetrazole rings is 1. The monoisotopic (exact) mass is 380 g/mol. The third kappa shape index (κ3) is 2.74. The van der Waals surface area contributed by atoms with Crippen molar-refractivity contribution in [3.8, 4) is 16.9 Å². The Morgan fingerprint density at radius 1 is 1.21 bits per heavy atom. The number of carbonyl (C=O) groups excluding carboxylic acids is 1. The van der Waals surface area contributed by atoms with Crippen LogP contribution >= 0.6 is 0 Å². The molecule has 2 atom stereocenters. The van der Waals surface area contributed by atoms with Crippen molar-refractivity contribution < 1.29 is 19.4 Å². The van der Waals surface area contributed by atoms with Crippen molar-refractivity contribution in [2.24, 2.45) is 0 Å². The molecule has 10 heteroatoms. The first-order chi connectivity index (χ1) is 13.7. The molecule has 3 aromatic rings. The summed E-state index contributed by atoms with van der Waals surface area (Å²) in [6.45, 7) is 0.536. The predicted molar refractivity (Wildman–Crippen MR) is 95.7 cm³/mol. The van der Waals surface area contributed by atoms with E-state index in [2.05, 4.69) is 20.5 Å². The van der Waals surface area contributed by atoms with Gasteiger partial charge in [-0.05, 0) is 34.2 Å². The number of carbonyl (C=O) groups is 1. The molecule has 28 heavy (non-hydrogen) atoms. The van der Waals surface area contributed by atoms with Crippen LogP contribution in [0.25, 0.3) is 11.1 Å². The molecule has 5 rings (SSSR count). The van der Waals surface area contributed by atoms with Crippen LogP contribution in [0.4, 0.5) is 10.5 Å². The Bertz CT molecular complexity index is 1010. The number of benzene rings is 1. The van der Waals surface area contributed by atoms with Crippen LogP contribution in [0.5, 0.6) is 5.75 Å². The van der Waals surface area contributed by atoms with Crippen molar-refractivity contribution in [1.82, 2.24) is 25.2 Å². The van der Waals surface area contributed by atoms with Crippen molar-refractivity contribution in [3.05, 3.63) is 48.5 Å². The van der Waals surface area contributed by atoms with Gasteiger partial charge in [0, 0.05) is 11.8 Å². The predicted octanol–water partition coefficient (Wildman–Crippen LogP) is 0.862. The van der Waals surface area contributed by atoms with Gasteiger partial charge in [0.05, 0.1) is 24.5 Å². The highest BCUT2D eigenvalue weighted by Crippen LogP contribution is 2.40. The number of pyridine rings is 1. The molecule has 2 aliphatic rings. The van der Waals surface area contributed by atoms with Crippen LogP contribution in [0.15, 0.2) is 42.9 Å². The summed E-state index contributed by atoms with van der Waals surface area (Å²) in [6.07, 6.45) is 2.28. The Morgan fingerprint density at radius 3 is 2.86 bits per heavy atom. The molecule has 2 aliphatic heterocycles. The first-order valence-electron chi connectivity index (χ1n) is 8.76. The van der Waals surface area contributed by atoms with E-state index in [1.54, 1.807) is 15.8 Å². The van der Waals surface area contributed by atoms with Gasteiger partial charge in [-0.25, -0.2) is 9.48 Å². The van der Waals surface area contributed by atoms with Gasteiger partial charge in [-0.15, -0.1) is 5.10 Å². The van der Waals surface area contributed by atoms with Crippen LogP contribution in [-0.4, -0.2) is 61.8 Å². The molecule has 2 aromatic heterocycles. The van der Waals surface area contributed by atoms with Crippen molar-refractivity contribution in [1.29, 1.82) is 0 Å². The molecular formula is C18H16N6O4. The van der Waals surface area contributed by atoms with Crippen molar-refractivity contribution >= 4 is 11.8 Å². The van der Waals surface area contributed by atoms with Gasteiger partial charge in [0.25, 0.3) is 0 Å². The average Bonchev–Trinajstić information content (AvgIpc) is 3.35. The van der Waals surface area contributed by atoms with Gasteiger partial charge in [0.2, 0.25) is 0 Å². The molecule has 0 spiro atoms. The van der Waals surface area contributed by atoms with Crippen LogP contribution < -0.4 is 9.64 Å². The summed E-state index contributed by atoms with van der Waals surface area (Å²) in [5.74, 6) is 0.599. The van der Waals surface area contributed by atoms with Gasteiger partial charge in [-0.3, -0.25) is 9.88 Å². The highest BCUT2D eigenvalue weighted by Gasteiger charge is 2.46. The van der Waals surface area contributed by atoms with Crippen molar-refractivity contribution in [2.75, 3.05) is 18.1 Å². The number of aliphatic hydroxyl groups excluding tert-OH is 1. The Labute approximate surface area is 159 Å². The summed E-state index contributed by atoms with van der Waals surface area (Å²) >= 11 is 0. The lowest BCUT2D eigenvalue weighted by atomic mass is 10.0. The standard InChI is InChI=1S/C18H16N6O4/c25-8-17-15-9-27-16-5-11(2-4-14(16)24(15)18(26)28-17)12-1-3-13(19-6-12)7-23-10-20-21-22-23/h1-6,10,15,17,25H,7-9H2/t15-,17-/m0/s1. The molecule has 1 fully saturated rings. The highest BCUT2D eigenvalue weighted by atomic mass is 16.6. The van der Waals surface area contributed by atoms with E-state index in [0.717, 1.165) is 16.8 Å². The number of hydrogen-bond donors (Lipinski definition) is 1. The fourth-order valence-electron chi connectivity index (χ4n) is 3.48. The molecule has 0 aliphatic carbocycles. The maximum Gasteiger partial charge on any atom is 0.415 e. The second kappa shape index (κ2) is 6.57. The number of fused-ring (bicyclic) bond motifs is 3. The summed E-state index contributed by atoms with van der Waals surface area (Å²) in [5, 5.41) is 20.4. The molecular weight excluding hydrogens is 364 g/mol. The second-order valence-corrected chi connectivity index (χ2v) is 6.58. The lowest BCUT2D eigenvalue weighted by Crippen LogP contribution is -2.45. The number of aliphatic hydroxyl groups is 1. The van der Waals surface area contributed by atoms with E-state index in [4.69, 9.17) is 9.47 Å². The van der Waals surface area contributed by atoms with Gasteiger partial charge in [0.1, 0.15) is 24.7 Å². The summed E-state index contributed by atoms with van der Waals surface area (Å²) in [4.78, 5) is 18.2. The van der Waals surface area contributed by atoms with Gasteiger partial charge in [0.15, 0.2) is 6.10 Å². The third-order valence-electron chi connectivity index (χ3n) is 4.89. The van der Waals surface area contributed by atoms with Gasteiger partial charge >= 0.3 is 6.09 Å². The summed E-state index contributed by atoms with van der Waals surface area (Å²) < 4.78 is 12.7. The average molecular weight is 380 g/mol. The topological polar surface area (TPSA) is 115 Å². The molecule has 10 nitrogen and oxygen atoms in total. The largest absolute Gasteiger partial charge is 0.489 e. The zero-order chi connectivity index (χ0) is 19.1. The summed E-state index contributed by atoms with van der Waals surface area (Å²) in [7, 11) is 0. The van der Waals surface area contributed by atoms with E-state index < -0.39 is 12.2 Å². The number of rotatable bonds is 4. The maximum atomic E-state index is 12.2. The van der Waals surface area contributed by atoms with Gasteiger partial charge < -0.3 is 14.6 Å². The number of amides is 1. The molecule has 1 aromatic carbocycles. The van der Waals surface area contributed by atoms with Gasteiger partial charge in [-0.2, -0.15) is 0 Å². The number of anilines is 1. The molecule has 142 valence electrons. The van der Waals surface area contributed by atoms with E-state index in [1.807, 2.05) is 30.3 Å². The molecule has 0 saturated carbocycles. The third-order valence-corrected chi connectivity index (χ3v) is 4.89. The summed E-state index contributed by atoms with van der Waals surface area (Å²) in [5.41, 5.74) is 3.32. The lowest BCUT2D eigenvalue weighted by Gasteiger charge is -2.31. The van der Waals surface area contributed by atoms with E-state index >= 15 is 0 Å². The van der Waals surface area contributed by atoms with E-state index in [9.17, 15) is 9.90 Å². The molecule has 0 bridgehead atoms.